The van der Waals surface area contributed by atoms with Crippen LogP contribution < -0.4 is 5.32 Å². The van der Waals surface area contributed by atoms with Crippen LogP contribution in [0.25, 0.3) is 0 Å². The minimum absolute atomic E-state index is 0.0639. The Morgan fingerprint density at radius 2 is 1.88 bits per heavy atom. The van der Waals surface area contributed by atoms with Gasteiger partial charge in [0.25, 0.3) is 5.91 Å². The molecule has 17 heavy (non-hydrogen) atoms. The number of amides is 3. The molecular formula is C13H22N2O2. The molecule has 1 saturated carbocycles. The number of rotatable bonds is 3. The molecule has 0 aromatic rings. The second kappa shape index (κ2) is 4.67. The van der Waals surface area contributed by atoms with Gasteiger partial charge in [0.2, 0.25) is 0 Å². The first kappa shape index (κ1) is 12.4. The van der Waals surface area contributed by atoms with E-state index in [1.54, 1.807) is 4.90 Å². The zero-order valence-electron chi connectivity index (χ0n) is 10.8. The molecule has 4 heteroatoms. The van der Waals surface area contributed by atoms with Crippen LogP contribution in [0.5, 0.6) is 0 Å². The van der Waals surface area contributed by atoms with Crippen molar-refractivity contribution < 1.29 is 9.59 Å². The van der Waals surface area contributed by atoms with Crippen LogP contribution in [0.3, 0.4) is 0 Å². The summed E-state index contributed by atoms with van der Waals surface area (Å²) in [5.41, 5.74) is -0.510. The summed E-state index contributed by atoms with van der Waals surface area (Å²) in [6, 6.07) is -0.183. The second-order valence-corrected chi connectivity index (χ2v) is 5.69. The predicted molar refractivity (Wildman–Crippen MR) is 65.5 cm³/mol. The molecule has 0 aromatic heterocycles. The van der Waals surface area contributed by atoms with Crippen LogP contribution in [0.2, 0.25) is 0 Å². The number of urea groups is 1. The highest BCUT2D eigenvalue weighted by Crippen LogP contribution is 2.37. The summed E-state index contributed by atoms with van der Waals surface area (Å²) in [6.45, 7) is 4.99. The molecule has 1 aliphatic carbocycles. The standard InChI is InChI=1S/C13H22N2O2/c1-10(2)6-9-15-12(17)14-11(16)13(15)7-4-3-5-8-13/h10H,3-9H2,1-2H3,(H,14,16,17). The van der Waals surface area contributed by atoms with E-state index in [0.29, 0.717) is 12.5 Å². The third kappa shape index (κ3) is 2.17. The minimum Gasteiger partial charge on any atom is -0.310 e. The van der Waals surface area contributed by atoms with Crippen LogP contribution >= 0.6 is 0 Å². The van der Waals surface area contributed by atoms with E-state index in [2.05, 4.69) is 19.2 Å². The molecule has 0 bridgehead atoms. The fourth-order valence-electron chi connectivity index (χ4n) is 2.93. The van der Waals surface area contributed by atoms with Crippen LogP contribution in [0.15, 0.2) is 0 Å². The van der Waals surface area contributed by atoms with E-state index >= 15 is 0 Å². The normalized spacial score (nSPS) is 23.6. The molecule has 1 aliphatic heterocycles. The van der Waals surface area contributed by atoms with Gasteiger partial charge >= 0.3 is 6.03 Å². The van der Waals surface area contributed by atoms with Gasteiger partial charge < -0.3 is 4.90 Å². The molecule has 1 spiro atoms. The van der Waals surface area contributed by atoms with Gasteiger partial charge in [0.1, 0.15) is 5.54 Å². The molecule has 2 fully saturated rings. The van der Waals surface area contributed by atoms with Gasteiger partial charge in [-0.2, -0.15) is 0 Å². The SMILES string of the molecule is CC(C)CCN1C(=O)NC(=O)C12CCCCC2. The molecule has 0 radical (unpaired) electrons. The van der Waals surface area contributed by atoms with E-state index < -0.39 is 5.54 Å². The molecule has 1 heterocycles. The van der Waals surface area contributed by atoms with Gasteiger partial charge in [-0.1, -0.05) is 33.1 Å². The largest absolute Gasteiger partial charge is 0.325 e. The maximum absolute atomic E-state index is 12.0. The first-order valence-corrected chi connectivity index (χ1v) is 6.69. The molecule has 96 valence electrons. The van der Waals surface area contributed by atoms with E-state index in [1.807, 2.05) is 0 Å². The molecule has 4 nitrogen and oxygen atoms in total. The summed E-state index contributed by atoms with van der Waals surface area (Å²) in [5.74, 6) is 0.491. The predicted octanol–water partition coefficient (Wildman–Crippen LogP) is 2.29. The van der Waals surface area contributed by atoms with E-state index in [4.69, 9.17) is 0 Å². The molecule has 2 aliphatic rings. The van der Waals surface area contributed by atoms with Crippen LogP contribution in [0.4, 0.5) is 4.79 Å². The van der Waals surface area contributed by atoms with Crippen molar-refractivity contribution in [1.29, 1.82) is 0 Å². The molecule has 0 aromatic carbocycles. The monoisotopic (exact) mass is 238 g/mol. The summed E-state index contributed by atoms with van der Waals surface area (Å²) in [6.07, 6.45) is 5.92. The summed E-state index contributed by atoms with van der Waals surface area (Å²) in [7, 11) is 0. The highest BCUT2D eigenvalue weighted by molar-refractivity contribution is 6.07. The van der Waals surface area contributed by atoms with Crippen molar-refractivity contribution in [1.82, 2.24) is 10.2 Å². The van der Waals surface area contributed by atoms with E-state index in [-0.39, 0.29) is 11.9 Å². The van der Waals surface area contributed by atoms with E-state index in [0.717, 1.165) is 32.1 Å². The van der Waals surface area contributed by atoms with Gasteiger partial charge in [-0.05, 0) is 25.2 Å². The molecule has 2 rings (SSSR count). The highest BCUT2D eigenvalue weighted by atomic mass is 16.2. The summed E-state index contributed by atoms with van der Waals surface area (Å²) in [5, 5.41) is 2.50. The number of hydrogen-bond acceptors (Lipinski definition) is 2. The van der Waals surface area contributed by atoms with Crippen molar-refractivity contribution in [2.75, 3.05) is 6.54 Å². The fraction of sp³-hybridized carbons (Fsp3) is 0.846. The first-order chi connectivity index (χ1) is 8.06. The Labute approximate surface area is 103 Å². The van der Waals surface area contributed by atoms with Gasteiger partial charge in [-0.15, -0.1) is 0 Å². The maximum Gasteiger partial charge on any atom is 0.325 e. The zero-order chi connectivity index (χ0) is 12.5. The fourth-order valence-corrected chi connectivity index (χ4v) is 2.93. The quantitative estimate of drug-likeness (QED) is 0.767. The van der Waals surface area contributed by atoms with Gasteiger partial charge in [0.15, 0.2) is 0 Å². The van der Waals surface area contributed by atoms with Crippen molar-refractivity contribution >= 4 is 11.9 Å². The van der Waals surface area contributed by atoms with Gasteiger partial charge in [-0.3, -0.25) is 10.1 Å². The summed E-state index contributed by atoms with van der Waals surface area (Å²) in [4.78, 5) is 25.7. The van der Waals surface area contributed by atoms with Crippen LogP contribution in [0.1, 0.15) is 52.4 Å². The molecule has 1 saturated heterocycles. The van der Waals surface area contributed by atoms with Gasteiger partial charge in [0.05, 0.1) is 0 Å². The Bertz CT molecular complexity index is 319. The lowest BCUT2D eigenvalue weighted by atomic mass is 9.80. The lowest BCUT2D eigenvalue weighted by Gasteiger charge is -2.38. The second-order valence-electron chi connectivity index (χ2n) is 5.69. The third-order valence-corrected chi connectivity index (χ3v) is 4.02. The van der Waals surface area contributed by atoms with Gasteiger partial charge in [0, 0.05) is 6.54 Å². The Balaban J connectivity index is 2.14. The zero-order valence-corrected chi connectivity index (χ0v) is 10.8. The van der Waals surface area contributed by atoms with Crippen molar-refractivity contribution in [3.05, 3.63) is 0 Å². The number of imide groups is 1. The Morgan fingerprint density at radius 1 is 1.24 bits per heavy atom. The average molecular weight is 238 g/mol. The number of nitrogens with one attached hydrogen (secondary N) is 1. The Kier molecular flexibility index (Phi) is 3.40. The van der Waals surface area contributed by atoms with Crippen molar-refractivity contribution in [2.45, 2.75) is 57.9 Å². The Morgan fingerprint density at radius 3 is 2.47 bits per heavy atom. The average Bonchev–Trinajstić information content (AvgIpc) is 2.50. The van der Waals surface area contributed by atoms with Crippen LogP contribution in [-0.4, -0.2) is 28.9 Å². The topological polar surface area (TPSA) is 49.4 Å². The molecule has 0 atom stereocenters. The minimum atomic E-state index is -0.510. The number of carbonyl (C=O) groups is 2. The first-order valence-electron chi connectivity index (χ1n) is 6.69. The maximum atomic E-state index is 12.0. The third-order valence-electron chi connectivity index (χ3n) is 4.02. The smallest absolute Gasteiger partial charge is 0.310 e. The van der Waals surface area contributed by atoms with Crippen molar-refractivity contribution in [2.24, 2.45) is 5.92 Å². The highest BCUT2D eigenvalue weighted by Gasteiger charge is 2.52. The van der Waals surface area contributed by atoms with Crippen LogP contribution in [-0.2, 0) is 4.79 Å². The number of carbonyl (C=O) groups excluding carboxylic acids is 2. The van der Waals surface area contributed by atoms with E-state index in [1.165, 1.54) is 6.42 Å². The molecule has 3 amide bonds. The Hall–Kier alpha value is -1.06. The van der Waals surface area contributed by atoms with Crippen LogP contribution in [0, 0.1) is 5.92 Å². The molecule has 1 N–H and O–H groups in total. The van der Waals surface area contributed by atoms with Crippen molar-refractivity contribution in [3.8, 4) is 0 Å². The molecule has 0 unspecified atom stereocenters. The summed E-state index contributed by atoms with van der Waals surface area (Å²) >= 11 is 0. The molecular weight excluding hydrogens is 216 g/mol. The number of nitrogens with zero attached hydrogens (tertiary/aromatic N) is 1. The van der Waals surface area contributed by atoms with Crippen molar-refractivity contribution in [3.63, 3.8) is 0 Å². The van der Waals surface area contributed by atoms with E-state index in [9.17, 15) is 9.59 Å². The summed E-state index contributed by atoms with van der Waals surface area (Å²) < 4.78 is 0. The lowest BCUT2D eigenvalue weighted by Crippen LogP contribution is -2.51. The lowest BCUT2D eigenvalue weighted by molar-refractivity contribution is -0.128. The number of hydrogen-bond donors (Lipinski definition) is 1. The van der Waals surface area contributed by atoms with Gasteiger partial charge in [-0.25, -0.2) is 4.79 Å².